The third-order valence-electron chi connectivity index (χ3n) is 2.64. The molecule has 1 amide bonds. The van der Waals surface area contributed by atoms with Gasteiger partial charge in [0.1, 0.15) is 11.8 Å². The van der Waals surface area contributed by atoms with Gasteiger partial charge in [-0.25, -0.2) is 0 Å². The standard InChI is InChI=1S/C13H7NO4S/c15-11-7(5-10-12(16)14-13(19)18-10)6-17-9-4-2-1-3-8(9)11/h1-6H,(H,14,16,19). The van der Waals surface area contributed by atoms with E-state index in [0.717, 1.165) is 0 Å². The first-order valence-corrected chi connectivity index (χ1v) is 5.81. The first-order valence-electron chi connectivity index (χ1n) is 5.40. The van der Waals surface area contributed by atoms with Crippen LogP contribution in [0.4, 0.5) is 0 Å². The molecule has 2 aromatic rings. The summed E-state index contributed by atoms with van der Waals surface area (Å²) < 4.78 is 10.3. The quantitative estimate of drug-likeness (QED) is 0.631. The molecular formula is C13H7NO4S. The van der Waals surface area contributed by atoms with Crippen LogP contribution in [-0.4, -0.2) is 11.1 Å². The number of fused-ring (bicyclic) bond motifs is 1. The second-order valence-corrected chi connectivity index (χ2v) is 4.24. The molecule has 19 heavy (non-hydrogen) atoms. The van der Waals surface area contributed by atoms with Gasteiger partial charge in [0.15, 0.2) is 11.2 Å². The number of hydrogen-bond donors (Lipinski definition) is 1. The van der Waals surface area contributed by atoms with Crippen molar-refractivity contribution in [3.63, 3.8) is 0 Å². The van der Waals surface area contributed by atoms with Gasteiger partial charge in [-0.2, -0.15) is 0 Å². The number of rotatable bonds is 1. The number of para-hydroxylation sites is 1. The van der Waals surface area contributed by atoms with Gasteiger partial charge in [0, 0.05) is 6.08 Å². The van der Waals surface area contributed by atoms with Gasteiger partial charge in [-0.05, 0) is 24.4 Å². The summed E-state index contributed by atoms with van der Waals surface area (Å²) in [6, 6.07) is 6.87. The summed E-state index contributed by atoms with van der Waals surface area (Å²) in [4.78, 5) is 23.6. The Morgan fingerprint density at radius 3 is 2.74 bits per heavy atom. The first kappa shape index (κ1) is 11.6. The second-order valence-electron chi connectivity index (χ2n) is 3.87. The summed E-state index contributed by atoms with van der Waals surface area (Å²) in [5.41, 5.74) is 0.485. The second kappa shape index (κ2) is 4.33. The Morgan fingerprint density at radius 1 is 1.21 bits per heavy atom. The Kier molecular flexibility index (Phi) is 2.64. The summed E-state index contributed by atoms with van der Waals surface area (Å²) in [6.45, 7) is 0. The molecule has 1 aromatic carbocycles. The van der Waals surface area contributed by atoms with Gasteiger partial charge in [0.2, 0.25) is 0 Å². The highest BCUT2D eigenvalue weighted by Crippen LogP contribution is 2.14. The summed E-state index contributed by atoms with van der Waals surface area (Å²) in [5.74, 6) is -0.495. The van der Waals surface area contributed by atoms with Crippen LogP contribution in [0.2, 0.25) is 0 Å². The third kappa shape index (κ3) is 2.02. The summed E-state index contributed by atoms with van der Waals surface area (Å²) in [7, 11) is 0. The van der Waals surface area contributed by atoms with E-state index < -0.39 is 5.91 Å². The normalized spacial score (nSPS) is 16.7. The predicted molar refractivity (Wildman–Crippen MR) is 72.3 cm³/mol. The van der Waals surface area contributed by atoms with Gasteiger partial charge in [-0.1, -0.05) is 12.1 Å². The molecule has 0 spiro atoms. The monoisotopic (exact) mass is 273 g/mol. The number of thiocarbonyl (C=S) groups is 1. The molecule has 1 aliphatic rings. The van der Waals surface area contributed by atoms with Crippen LogP contribution in [0.1, 0.15) is 5.56 Å². The highest BCUT2D eigenvalue weighted by Gasteiger charge is 2.23. The zero-order valence-corrected chi connectivity index (χ0v) is 10.3. The lowest BCUT2D eigenvalue weighted by molar-refractivity contribution is -0.116. The smallest absolute Gasteiger partial charge is 0.294 e. The van der Waals surface area contributed by atoms with Gasteiger partial charge in [-0.3, -0.25) is 14.9 Å². The average molecular weight is 273 g/mol. The summed E-state index contributed by atoms with van der Waals surface area (Å²) >= 11 is 4.70. The van der Waals surface area contributed by atoms with Crippen molar-refractivity contribution in [1.82, 2.24) is 5.32 Å². The van der Waals surface area contributed by atoms with Crippen LogP contribution in [0.5, 0.6) is 0 Å². The molecular weight excluding hydrogens is 266 g/mol. The van der Waals surface area contributed by atoms with Crippen molar-refractivity contribution in [1.29, 1.82) is 0 Å². The van der Waals surface area contributed by atoms with Crippen LogP contribution >= 0.6 is 12.2 Å². The Labute approximate surface area is 112 Å². The Bertz CT molecular complexity index is 791. The lowest BCUT2D eigenvalue weighted by Crippen LogP contribution is -2.18. The molecule has 0 bridgehead atoms. The van der Waals surface area contributed by atoms with Crippen LogP contribution < -0.4 is 10.7 Å². The largest absolute Gasteiger partial charge is 0.463 e. The number of benzene rings is 1. The molecule has 94 valence electrons. The van der Waals surface area contributed by atoms with E-state index >= 15 is 0 Å². The van der Waals surface area contributed by atoms with E-state index in [9.17, 15) is 9.59 Å². The maximum Gasteiger partial charge on any atom is 0.294 e. The molecule has 1 N–H and O–H groups in total. The molecule has 1 aliphatic heterocycles. The van der Waals surface area contributed by atoms with E-state index in [0.29, 0.717) is 11.0 Å². The molecule has 1 saturated heterocycles. The van der Waals surface area contributed by atoms with Crippen LogP contribution in [0.3, 0.4) is 0 Å². The Hall–Kier alpha value is -2.47. The molecule has 3 rings (SSSR count). The SMILES string of the molecule is O=C1NC(=S)OC1=Cc1coc2ccccc2c1=O. The number of amides is 1. The van der Waals surface area contributed by atoms with Gasteiger partial charge in [-0.15, -0.1) is 0 Å². The van der Waals surface area contributed by atoms with E-state index in [2.05, 4.69) is 5.32 Å². The molecule has 1 aromatic heterocycles. The minimum atomic E-state index is -0.474. The number of carbonyl (C=O) groups excluding carboxylic acids is 1. The Morgan fingerprint density at radius 2 is 2.00 bits per heavy atom. The van der Waals surface area contributed by atoms with Crippen molar-refractivity contribution >= 4 is 40.3 Å². The van der Waals surface area contributed by atoms with Gasteiger partial charge in [0.05, 0.1) is 10.9 Å². The van der Waals surface area contributed by atoms with E-state index in [1.165, 1.54) is 12.3 Å². The van der Waals surface area contributed by atoms with E-state index in [-0.39, 0.29) is 21.9 Å². The van der Waals surface area contributed by atoms with E-state index in [1.54, 1.807) is 24.3 Å². The maximum atomic E-state index is 12.2. The predicted octanol–water partition coefficient (Wildman–Crippen LogP) is 1.57. The maximum absolute atomic E-state index is 12.2. The van der Waals surface area contributed by atoms with Crippen molar-refractivity contribution in [3.8, 4) is 0 Å². The van der Waals surface area contributed by atoms with Gasteiger partial charge >= 0.3 is 0 Å². The van der Waals surface area contributed by atoms with Crippen LogP contribution in [0.15, 0.2) is 45.5 Å². The van der Waals surface area contributed by atoms with Gasteiger partial charge in [0.25, 0.3) is 11.1 Å². The number of hydrogen-bond acceptors (Lipinski definition) is 5. The van der Waals surface area contributed by atoms with E-state index in [1.807, 2.05) is 0 Å². The lowest BCUT2D eigenvalue weighted by Gasteiger charge is -1.98. The number of nitrogens with one attached hydrogen (secondary N) is 1. The molecule has 2 heterocycles. The molecule has 0 unspecified atom stereocenters. The van der Waals surface area contributed by atoms with Crippen molar-refractivity contribution < 1.29 is 13.9 Å². The molecule has 1 fully saturated rings. The van der Waals surface area contributed by atoms with Gasteiger partial charge < -0.3 is 9.15 Å². The zero-order valence-electron chi connectivity index (χ0n) is 9.51. The molecule has 6 heteroatoms. The first-order chi connectivity index (χ1) is 9.15. The summed E-state index contributed by atoms with van der Waals surface area (Å²) in [5, 5.41) is 2.73. The topological polar surface area (TPSA) is 68.5 Å². The van der Waals surface area contributed by atoms with Crippen molar-refractivity contribution in [3.05, 3.63) is 52.1 Å². The molecule has 0 atom stereocenters. The zero-order chi connectivity index (χ0) is 13.4. The van der Waals surface area contributed by atoms with E-state index in [4.69, 9.17) is 21.4 Å². The summed E-state index contributed by atoms with van der Waals surface area (Å²) in [6.07, 6.45) is 2.60. The average Bonchev–Trinajstić information content (AvgIpc) is 2.72. The Balaban J connectivity index is 2.14. The number of ether oxygens (including phenoxy) is 1. The molecule has 5 nitrogen and oxygen atoms in total. The fraction of sp³-hybridized carbons (Fsp3) is 0. The van der Waals surface area contributed by atoms with Crippen LogP contribution in [0, 0.1) is 0 Å². The molecule has 0 radical (unpaired) electrons. The fourth-order valence-corrected chi connectivity index (χ4v) is 1.94. The molecule has 0 aliphatic carbocycles. The number of carbonyl (C=O) groups is 1. The minimum Gasteiger partial charge on any atom is -0.463 e. The highest BCUT2D eigenvalue weighted by molar-refractivity contribution is 7.80. The van der Waals surface area contributed by atoms with Crippen molar-refractivity contribution in [2.24, 2.45) is 0 Å². The van der Waals surface area contributed by atoms with Crippen LogP contribution in [-0.2, 0) is 9.53 Å². The van der Waals surface area contributed by atoms with Crippen molar-refractivity contribution in [2.75, 3.05) is 0 Å². The lowest BCUT2D eigenvalue weighted by atomic mass is 10.1. The molecule has 0 saturated carbocycles. The minimum absolute atomic E-state index is 0.0208. The third-order valence-corrected chi connectivity index (χ3v) is 2.82. The van der Waals surface area contributed by atoms with Crippen LogP contribution in [0.25, 0.3) is 17.0 Å². The fourth-order valence-electron chi connectivity index (χ4n) is 1.75. The van der Waals surface area contributed by atoms with Crippen molar-refractivity contribution in [2.45, 2.75) is 0 Å². The highest BCUT2D eigenvalue weighted by atomic mass is 32.1.